The van der Waals surface area contributed by atoms with Crippen molar-refractivity contribution in [2.24, 2.45) is 16.5 Å². The van der Waals surface area contributed by atoms with Crippen molar-refractivity contribution >= 4 is 23.9 Å². The number of hydrogen-bond donors (Lipinski definition) is 1. The zero-order valence-corrected chi connectivity index (χ0v) is 24.9. The van der Waals surface area contributed by atoms with Crippen molar-refractivity contribution in [2.75, 3.05) is 50.7 Å². The van der Waals surface area contributed by atoms with Crippen LogP contribution in [-0.2, 0) is 0 Å². The van der Waals surface area contributed by atoms with E-state index in [2.05, 4.69) is 24.1 Å². The van der Waals surface area contributed by atoms with Gasteiger partial charge in [0.15, 0.2) is 11.6 Å². The predicted octanol–water partition coefficient (Wildman–Crippen LogP) is 4.41. The van der Waals surface area contributed by atoms with Crippen molar-refractivity contribution in [3.05, 3.63) is 42.1 Å². The van der Waals surface area contributed by atoms with Crippen LogP contribution in [0.25, 0.3) is 0 Å². The number of carbonyl (C=O) groups excluding carboxylic acids is 1. The van der Waals surface area contributed by atoms with Crippen LogP contribution in [0.5, 0.6) is 11.5 Å². The van der Waals surface area contributed by atoms with E-state index in [-0.39, 0.29) is 23.6 Å². The summed E-state index contributed by atoms with van der Waals surface area (Å²) in [4.78, 5) is 28.8. The maximum absolute atomic E-state index is 14.3. The summed E-state index contributed by atoms with van der Waals surface area (Å²) in [7, 11) is 0. The lowest BCUT2D eigenvalue weighted by molar-refractivity contribution is -0.0396. The summed E-state index contributed by atoms with van der Waals surface area (Å²) < 4.78 is 22.8. The maximum Gasteiger partial charge on any atom is 0.258 e. The van der Waals surface area contributed by atoms with E-state index in [1.54, 1.807) is 11.1 Å². The van der Waals surface area contributed by atoms with Gasteiger partial charge in [-0.1, -0.05) is 0 Å². The van der Waals surface area contributed by atoms with Gasteiger partial charge in [0.2, 0.25) is 0 Å². The van der Waals surface area contributed by atoms with Crippen molar-refractivity contribution in [2.45, 2.75) is 59.0 Å². The van der Waals surface area contributed by atoms with Gasteiger partial charge in [0.25, 0.3) is 5.91 Å². The number of piperidine rings is 1. The molecule has 4 heterocycles. The molecule has 0 saturated carbocycles. The van der Waals surface area contributed by atoms with Crippen molar-refractivity contribution in [3.63, 3.8) is 0 Å². The van der Waals surface area contributed by atoms with E-state index >= 15 is 0 Å². The molecule has 1 amide bonds. The molecule has 40 heavy (non-hydrogen) atoms. The molecule has 11 heteroatoms. The average Bonchev–Trinajstić information content (AvgIpc) is 3.37. The van der Waals surface area contributed by atoms with E-state index in [4.69, 9.17) is 9.88 Å². The Labute approximate surface area is 241 Å². The van der Waals surface area contributed by atoms with Gasteiger partial charge in [-0.3, -0.25) is 9.93 Å². The van der Waals surface area contributed by atoms with Crippen molar-refractivity contribution < 1.29 is 13.9 Å². The van der Waals surface area contributed by atoms with E-state index < -0.39 is 5.82 Å². The van der Waals surface area contributed by atoms with Crippen molar-refractivity contribution in [3.8, 4) is 11.5 Å². The Morgan fingerprint density at radius 2 is 1.90 bits per heavy atom. The van der Waals surface area contributed by atoms with Gasteiger partial charge in [-0.25, -0.2) is 18.7 Å². The van der Waals surface area contributed by atoms with E-state index in [0.717, 1.165) is 39.1 Å². The average molecular weight is 572 g/mol. The summed E-state index contributed by atoms with van der Waals surface area (Å²) in [5.74, 6) is 1.28. The Balaban J connectivity index is 1.24. The predicted molar refractivity (Wildman–Crippen MR) is 157 cm³/mol. The minimum absolute atomic E-state index is 0.0418. The summed E-state index contributed by atoms with van der Waals surface area (Å²) in [6.45, 7) is 15.2. The number of benzene rings is 1. The highest BCUT2D eigenvalue weighted by Crippen LogP contribution is 2.42. The minimum Gasteiger partial charge on any atom is -0.451 e. The Hall–Kier alpha value is -2.47. The molecule has 1 spiro atoms. The zero-order valence-electron chi connectivity index (χ0n) is 24.1. The van der Waals surface area contributed by atoms with E-state index in [9.17, 15) is 9.18 Å². The molecule has 5 rings (SSSR count). The molecule has 1 aromatic carbocycles. The zero-order chi connectivity index (χ0) is 28.4. The van der Waals surface area contributed by atoms with Crippen LogP contribution < -0.4 is 14.8 Å². The highest BCUT2D eigenvalue weighted by Gasteiger charge is 2.45. The van der Waals surface area contributed by atoms with Gasteiger partial charge in [0.05, 0.1) is 11.8 Å². The number of nitrogens with zero attached hydrogens (tertiary/aromatic N) is 6. The number of likely N-dealkylation sites (tertiary alicyclic amines) is 1. The Kier molecular flexibility index (Phi) is 8.84. The fourth-order valence-corrected chi connectivity index (χ4v) is 7.05. The molecule has 1 aromatic heterocycles. The number of nitrogens with two attached hydrogens (primary N) is 1. The lowest BCUT2D eigenvalue weighted by Crippen LogP contribution is -2.60. The Bertz CT molecular complexity index is 1170. The lowest BCUT2D eigenvalue weighted by Gasteiger charge is -2.54. The molecule has 0 bridgehead atoms. The summed E-state index contributed by atoms with van der Waals surface area (Å²) in [6.07, 6.45) is 6.69. The van der Waals surface area contributed by atoms with Crippen LogP contribution in [0.15, 0.2) is 30.7 Å². The summed E-state index contributed by atoms with van der Waals surface area (Å²) in [5.41, 5.74) is 0.669. The lowest BCUT2D eigenvalue weighted by atomic mass is 9.72. The van der Waals surface area contributed by atoms with Crippen LogP contribution in [0.2, 0.25) is 0 Å². The van der Waals surface area contributed by atoms with Crippen molar-refractivity contribution in [1.29, 1.82) is 0 Å². The number of halogens is 1. The molecule has 218 valence electrons. The second-order valence-electron chi connectivity index (χ2n) is 12.2. The fourth-order valence-electron chi connectivity index (χ4n) is 6.65. The molecule has 1 atom stereocenters. The smallest absolute Gasteiger partial charge is 0.258 e. The summed E-state index contributed by atoms with van der Waals surface area (Å²) in [5, 5.41) is 5.74. The number of hydrogen-bond acceptors (Lipinski definition) is 9. The fraction of sp³-hybridized carbons (Fsp3) is 0.621. The number of aromatic nitrogens is 2. The van der Waals surface area contributed by atoms with Gasteiger partial charge >= 0.3 is 0 Å². The molecule has 3 fully saturated rings. The first-order valence-electron chi connectivity index (χ1n) is 14.4. The van der Waals surface area contributed by atoms with Crippen LogP contribution in [0, 0.1) is 17.2 Å². The molecule has 2 N–H and O–H groups in total. The molecule has 1 unspecified atom stereocenters. The van der Waals surface area contributed by atoms with Gasteiger partial charge in [0, 0.05) is 70.0 Å². The molecule has 3 saturated heterocycles. The monoisotopic (exact) mass is 571 g/mol. The molecular formula is C29H42FN7O2S. The maximum atomic E-state index is 14.3. The molecule has 9 nitrogen and oxygen atoms in total. The SMILES string of the molecule is CC(C)N(C(=O)c1cc(F)ccc1Oc1cncnc1N1CCC(CN2CC3(CCN(SN)CC3)C2)C1)C(C)C. The first-order chi connectivity index (χ1) is 19.2. The molecule has 2 aromatic rings. The van der Waals surface area contributed by atoms with Gasteiger partial charge < -0.3 is 19.4 Å². The second-order valence-corrected chi connectivity index (χ2v) is 12.9. The number of ether oxygens (including phenoxy) is 1. The molecule has 0 radical (unpaired) electrons. The Morgan fingerprint density at radius 3 is 2.58 bits per heavy atom. The summed E-state index contributed by atoms with van der Waals surface area (Å²) >= 11 is 1.37. The second kappa shape index (κ2) is 12.2. The largest absolute Gasteiger partial charge is 0.451 e. The topological polar surface area (TPSA) is 91.1 Å². The van der Waals surface area contributed by atoms with Crippen LogP contribution in [0.1, 0.15) is 57.3 Å². The highest BCUT2D eigenvalue weighted by atomic mass is 32.2. The van der Waals surface area contributed by atoms with Crippen LogP contribution in [-0.4, -0.2) is 87.9 Å². The van der Waals surface area contributed by atoms with E-state index in [0.29, 0.717) is 28.6 Å². The third-order valence-corrected chi connectivity index (χ3v) is 9.21. The third-order valence-electron chi connectivity index (χ3n) is 8.55. The summed E-state index contributed by atoms with van der Waals surface area (Å²) in [6, 6.07) is 4.00. The molecule has 3 aliphatic heterocycles. The minimum atomic E-state index is -0.480. The van der Waals surface area contributed by atoms with Crippen LogP contribution in [0.4, 0.5) is 10.2 Å². The quantitative estimate of drug-likeness (QED) is 0.440. The number of carbonyl (C=O) groups is 1. The van der Waals surface area contributed by atoms with Gasteiger partial charge in [-0.15, -0.1) is 0 Å². The first kappa shape index (κ1) is 29.0. The number of rotatable bonds is 9. The normalized spacial score (nSPS) is 21.3. The number of anilines is 1. The molecule has 3 aliphatic rings. The highest BCUT2D eigenvalue weighted by molar-refractivity contribution is 7.94. The molecule has 0 aliphatic carbocycles. The standard InChI is InChI=1S/C29H42FN7O2S/c1-20(2)37(21(3)4)28(38)24-13-23(30)5-6-25(24)39-26-14-32-19-33-27(26)35-10-7-22(16-35)15-34-17-29(18-34)8-11-36(40-31)12-9-29/h5-6,13-14,19-22H,7-12,15-18,31H2,1-4H3. The van der Waals surface area contributed by atoms with Gasteiger partial charge in [0.1, 0.15) is 17.9 Å². The number of amides is 1. The van der Waals surface area contributed by atoms with E-state index in [1.807, 2.05) is 27.7 Å². The van der Waals surface area contributed by atoms with Crippen LogP contribution in [0.3, 0.4) is 0 Å². The van der Waals surface area contributed by atoms with Crippen molar-refractivity contribution in [1.82, 2.24) is 24.1 Å². The van der Waals surface area contributed by atoms with Gasteiger partial charge in [-0.2, -0.15) is 0 Å². The first-order valence-corrected chi connectivity index (χ1v) is 15.2. The van der Waals surface area contributed by atoms with E-state index in [1.165, 1.54) is 62.6 Å². The van der Waals surface area contributed by atoms with Gasteiger partial charge in [-0.05, 0) is 76.5 Å². The van der Waals surface area contributed by atoms with Crippen LogP contribution >= 0.6 is 12.1 Å². The Morgan fingerprint density at radius 1 is 1.18 bits per heavy atom. The third kappa shape index (κ3) is 6.22. The molecular weight excluding hydrogens is 529 g/mol.